The average molecular weight is 563 g/mol. The topological polar surface area (TPSA) is 74.8 Å². The van der Waals surface area contributed by atoms with Gasteiger partial charge in [-0.25, -0.2) is 15.0 Å². The number of halogens is 3. The van der Waals surface area contributed by atoms with Crippen molar-refractivity contribution in [3.05, 3.63) is 57.4 Å². The van der Waals surface area contributed by atoms with Crippen molar-refractivity contribution in [2.24, 2.45) is 0 Å². The number of anilines is 3. The molecule has 12 heteroatoms. The highest BCUT2D eigenvalue weighted by atomic mass is 35.5. The molecule has 0 saturated carbocycles. The Morgan fingerprint density at radius 2 is 1.36 bits per heavy atom. The summed E-state index contributed by atoms with van der Waals surface area (Å²) < 4.78 is 0. The highest BCUT2D eigenvalue weighted by Crippen LogP contribution is 2.27. The molecule has 1 aromatic carbocycles. The van der Waals surface area contributed by atoms with Crippen LogP contribution in [-0.4, -0.2) is 21.5 Å². The fourth-order valence-corrected chi connectivity index (χ4v) is 4.96. The van der Waals surface area contributed by atoms with Crippen molar-refractivity contribution in [1.82, 2.24) is 15.0 Å². The van der Waals surface area contributed by atoms with Gasteiger partial charge >= 0.3 is 0 Å². The average Bonchev–Trinajstić information content (AvgIpc) is 3.50. The summed E-state index contributed by atoms with van der Waals surface area (Å²) in [7, 11) is 0. The number of hydrogen-bond acceptors (Lipinski definition) is 9. The summed E-state index contributed by atoms with van der Waals surface area (Å²) in [5.74, 6) is 0. The number of aryl methyl sites for hydroxylation is 1. The van der Waals surface area contributed by atoms with Crippen molar-refractivity contribution in [2.45, 2.75) is 33.4 Å². The first-order chi connectivity index (χ1) is 14.7. The van der Waals surface area contributed by atoms with Crippen LogP contribution in [0.1, 0.15) is 28.7 Å². The van der Waals surface area contributed by atoms with Gasteiger partial charge < -0.3 is 53.2 Å². The van der Waals surface area contributed by atoms with Gasteiger partial charge in [0.05, 0.1) is 18.8 Å². The number of rotatable bonds is 10. The van der Waals surface area contributed by atoms with Crippen LogP contribution < -0.4 is 53.2 Å². The standard InChI is InChI=1S/C21H24N6S3.3ClH/c1-3-8-22-19-23-9-16(29-19)10-24-20-25-11-17(30-20)12-26-21-27-18(13-28-21)15-6-4-14(2)5-7-15;;;/h4-7,9,11,13H,3,8,10,12H2,1-2H3,(H,22,23)(H,24,25)(H,26,27);3*1H/p-3. The molecule has 0 fully saturated rings. The van der Waals surface area contributed by atoms with Crippen LogP contribution in [0.2, 0.25) is 0 Å². The zero-order valence-corrected chi connectivity index (χ0v) is 22.8. The van der Waals surface area contributed by atoms with Gasteiger partial charge in [0.25, 0.3) is 0 Å². The molecule has 0 aliphatic heterocycles. The Bertz CT molecular complexity index is 1080. The van der Waals surface area contributed by atoms with Gasteiger partial charge in [-0.2, -0.15) is 0 Å². The van der Waals surface area contributed by atoms with Crippen molar-refractivity contribution in [2.75, 3.05) is 22.5 Å². The molecule has 0 saturated heterocycles. The summed E-state index contributed by atoms with van der Waals surface area (Å²) in [6.45, 7) is 6.64. The maximum atomic E-state index is 4.70. The minimum Gasteiger partial charge on any atom is -1.00 e. The predicted molar refractivity (Wildman–Crippen MR) is 130 cm³/mol. The molecule has 0 radical (unpaired) electrons. The van der Waals surface area contributed by atoms with Crippen LogP contribution in [0.15, 0.2) is 42.0 Å². The number of nitrogens with one attached hydrogen (secondary N) is 3. The molecular formula is C21H24Cl3N6S3-3. The Morgan fingerprint density at radius 3 is 1.97 bits per heavy atom. The Balaban J connectivity index is 0.00000181. The molecule has 6 nitrogen and oxygen atoms in total. The van der Waals surface area contributed by atoms with Gasteiger partial charge in [0.1, 0.15) is 0 Å². The van der Waals surface area contributed by atoms with Gasteiger partial charge in [-0.05, 0) is 13.3 Å². The molecule has 0 atom stereocenters. The van der Waals surface area contributed by atoms with Gasteiger partial charge in [0.2, 0.25) is 0 Å². The third kappa shape index (κ3) is 8.59. The first-order valence-corrected chi connectivity index (χ1v) is 12.3. The summed E-state index contributed by atoms with van der Waals surface area (Å²) in [5.41, 5.74) is 3.41. The third-order valence-corrected chi connectivity index (χ3v) is 7.02. The van der Waals surface area contributed by atoms with E-state index in [0.29, 0.717) is 6.54 Å². The zero-order chi connectivity index (χ0) is 20.8. The maximum Gasteiger partial charge on any atom is 0.183 e. The smallest absolute Gasteiger partial charge is 0.183 e. The minimum atomic E-state index is 0. The quantitative estimate of drug-likeness (QED) is 0.193. The molecule has 4 aromatic rings. The molecule has 3 heterocycles. The van der Waals surface area contributed by atoms with Gasteiger partial charge in [-0.3, -0.25) is 0 Å². The SMILES string of the molecule is CCCNc1ncc(CNc2ncc(CNc3nc(-c4ccc(C)cc4)cs3)s2)s1.[Cl-].[Cl-].[Cl-]. The summed E-state index contributed by atoms with van der Waals surface area (Å²) >= 11 is 4.96. The molecule has 0 aliphatic carbocycles. The minimum absolute atomic E-state index is 0. The number of thiazole rings is 3. The molecule has 3 aromatic heterocycles. The lowest BCUT2D eigenvalue weighted by Crippen LogP contribution is -3.00. The third-order valence-electron chi connectivity index (χ3n) is 4.31. The van der Waals surface area contributed by atoms with E-state index in [1.54, 1.807) is 34.0 Å². The lowest BCUT2D eigenvalue weighted by molar-refractivity contribution is -0.00100. The maximum absolute atomic E-state index is 4.70. The Kier molecular flexibility index (Phi) is 13.0. The molecule has 0 spiro atoms. The summed E-state index contributed by atoms with van der Waals surface area (Å²) in [4.78, 5) is 15.9. The van der Waals surface area contributed by atoms with E-state index in [-0.39, 0.29) is 37.2 Å². The summed E-state index contributed by atoms with van der Waals surface area (Å²) in [6, 6.07) is 8.45. The van der Waals surface area contributed by atoms with Crippen LogP contribution in [0.25, 0.3) is 11.3 Å². The second-order valence-corrected chi connectivity index (χ2v) is 9.89. The first kappa shape index (κ1) is 29.4. The second-order valence-electron chi connectivity index (χ2n) is 6.80. The normalized spacial score (nSPS) is 9.88. The molecule has 33 heavy (non-hydrogen) atoms. The van der Waals surface area contributed by atoms with Crippen LogP contribution in [-0.2, 0) is 13.1 Å². The van der Waals surface area contributed by atoms with E-state index in [1.165, 1.54) is 15.3 Å². The van der Waals surface area contributed by atoms with Crippen molar-refractivity contribution in [1.29, 1.82) is 0 Å². The molecule has 0 aliphatic rings. The van der Waals surface area contributed by atoms with E-state index < -0.39 is 0 Å². The summed E-state index contributed by atoms with van der Waals surface area (Å²) in [5, 5.41) is 15.0. The van der Waals surface area contributed by atoms with Crippen LogP contribution in [0.5, 0.6) is 0 Å². The van der Waals surface area contributed by atoms with E-state index in [0.717, 1.165) is 46.2 Å². The van der Waals surface area contributed by atoms with Crippen LogP contribution in [0.4, 0.5) is 15.4 Å². The Labute approximate surface area is 224 Å². The van der Waals surface area contributed by atoms with Crippen LogP contribution in [0.3, 0.4) is 0 Å². The van der Waals surface area contributed by atoms with Crippen LogP contribution >= 0.6 is 34.0 Å². The van der Waals surface area contributed by atoms with Gasteiger partial charge in [-0.15, -0.1) is 34.0 Å². The molecule has 0 unspecified atom stereocenters. The van der Waals surface area contributed by atoms with Gasteiger partial charge in [0, 0.05) is 39.6 Å². The highest BCUT2D eigenvalue weighted by molar-refractivity contribution is 7.16. The molecule has 0 bridgehead atoms. The van der Waals surface area contributed by atoms with E-state index in [1.807, 2.05) is 12.4 Å². The molecule has 180 valence electrons. The van der Waals surface area contributed by atoms with Gasteiger partial charge in [0.15, 0.2) is 15.4 Å². The lowest BCUT2D eigenvalue weighted by Gasteiger charge is -2.00. The fourth-order valence-electron chi connectivity index (χ4n) is 2.71. The first-order valence-electron chi connectivity index (χ1n) is 9.83. The largest absolute Gasteiger partial charge is 1.00 e. The van der Waals surface area contributed by atoms with Crippen molar-refractivity contribution >= 4 is 49.4 Å². The fraction of sp³-hybridized carbons (Fsp3) is 0.286. The van der Waals surface area contributed by atoms with Crippen molar-refractivity contribution < 1.29 is 37.2 Å². The zero-order valence-electron chi connectivity index (χ0n) is 18.1. The van der Waals surface area contributed by atoms with Crippen molar-refractivity contribution in [3.8, 4) is 11.3 Å². The second kappa shape index (κ2) is 14.6. The number of benzene rings is 1. The highest BCUT2D eigenvalue weighted by Gasteiger charge is 2.07. The Hall–Kier alpha value is -1.62. The summed E-state index contributed by atoms with van der Waals surface area (Å²) in [6.07, 6.45) is 4.92. The molecule has 4 rings (SSSR count). The van der Waals surface area contributed by atoms with E-state index in [9.17, 15) is 0 Å². The lowest BCUT2D eigenvalue weighted by atomic mass is 10.1. The van der Waals surface area contributed by atoms with Crippen molar-refractivity contribution in [3.63, 3.8) is 0 Å². The number of nitrogens with zero attached hydrogens (tertiary/aromatic N) is 3. The molecule has 0 amide bonds. The number of hydrogen-bond donors (Lipinski definition) is 3. The van der Waals surface area contributed by atoms with E-state index >= 15 is 0 Å². The van der Waals surface area contributed by atoms with E-state index in [4.69, 9.17) is 4.98 Å². The van der Waals surface area contributed by atoms with Crippen LogP contribution in [0, 0.1) is 6.92 Å². The molecule has 3 N–H and O–H groups in total. The Morgan fingerprint density at radius 1 is 0.788 bits per heavy atom. The monoisotopic (exact) mass is 561 g/mol. The van der Waals surface area contributed by atoms with E-state index in [2.05, 4.69) is 69.4 Å². The number of aromatic nitrogens is 3. The predicted octanol–water partition coefficient (Wildman–Crippen LogP) is -2.91. The molecular weight excluding hydrogens is 539 g/mol. The van der Waals surface area contributed by atoms with Gasteiger partial charge in [-0.1, -0.05) is 36.8 Å².